The quantitative estimate of drug-likeness (QED) is 0.715. The number of carbonyl (C=O) groups is 1. The molecule has 1 aromatic heterocycles. The summed E-state index contributed by atoms with van der Waals surface area (Å²) >= 11 is 0. The number of hydrogen-bond acceptors (Lipinski definition) is 1. The van der Waals surface area contributed by atoms with Gasteiger partial charge in [0.15, 0.2) is 0 Å². The molecule has 0 atom stereocenters. The fraction of sp³-hybridized carbons (Fsp3) is 0.250. The molecule has 3 nitrogen and oxygen atoms in total. The molecule has 2 N–H and O–H groups in total. The second kappa shape index (κ2) is 7.14. The Balaban J connectivity index is 1.46. The van der Waals surface area contributed by atoms with E-state index < -0.39 is 0 Å². The first-order valence-electron chi connectivity index (χ1n) is 8.09. The highest BCUT2D eigenvalue weighted by Gasteiger charge is 2.05. The lowest BCUT2D eigenvalue weighted by molar-refractivity contribution is -0.121. The largest absolute Gasteiger partial charge is 0.361 e. The fourth-order valence-electron chi connectivity index (χ4n) is 2.89. The molecular weight excluding hydrogens is 284 g/mol. The number of nitrogens with one attached hydrogen (secondary N) is 2. The van der Waals surface area contributed by atoms with Crippen LogP contribution in [0.5, 0.6) is 0 Å². The minimum atomic E-state index is 0.117. The van der Waals surface area contributed by atoms with Gasteiger partial charge >= 0.3 is 0 Å². The van der Waals surface area contributed by atoms with Crippen molar-refractivity contribution in [2.75, 3.05) is 6.54 Å². The summed E-state index contributed by atoms with van der Waals surface area (Å²) in [4.78, 5) is 15.2. The van der Waals surface area contributed by atoms with Crippen LogP contribution in [0.15, 0.2) is 54.7 Å². The zero-order chi connectivity index (χ0) is 16.1. The number of benzene rings is 2. The van der Waals surface area contributed by atoms with Gasteiger partial charge in [0.2, 0.25) is 5.91 Å². The first kappa shape index (κ1) is 15.3. The highest BCUT2D eigenvalue weighted by Crippen LogP contribution is 2.17. The van der Waals surface area contributed by atoms with E-state index in [0.29, 0.717) is 13.0 Å². The molecular formula is C20H22N2O. The molecule has 0 bridgehead atoms. The number of aromatic amines is 1. The molecule has 2 aromatic carbocycles. The van der Waals surface area contributed by atoms with Crippen LogP contribution in [0.4, 0.5) is 0 Å². The van der Waals surface area contributed by atoms with Gasteiger partial charge in [-0.2, -0.15) is 0 Å². The van der Waals surface area contributed by atoms with E-state index in [1.807, 2.05) is 24.4 Å². The van der Waals surface area contributed by atoms with E-state index >= 15 is 0 Å². The molecule has 0 aliphatic carbocycles. The summed E-state index contributed by atoms with van der Waals surface area (Å²) < 4.78 is 0. The minimum Gasteiger partial charge on any atom is -0.361 e. The van der Waals surface area contributed by atoms with Gasteiger partial charge in [0, 0.05) is 30.1 Å². The third-order valence-corrected chi connectivity index (χ3v) is 4.11. The fourth-order valence-corrected chi connectivity index (χ4v) is 2.89. The number of amides is 1. The average molecular weight is 306 g/mol. The molecule has 0 aliphatic rings. The minimum absolute atomic E-state index is 0.117. The highest BCUT2D eigenvalue weighted by molar-refractivity contribution is 5.83. The molecule has 0 saturated carbocycles. The van der Waals surface area contributed by atoms with Gasteiger partial charge in [0.1, 0.15) is 0 Å². The first-order valence-corrected chi connectivity index (χ1v) is 8.09. The van der Waals surface area contributed by atoms with Crippen molar-refractivity contribution < 1.29 is 4.79 Å². The van der Waals surface area contributed by atoms with Gasteiger partial charge in [-0.25, -0.2) is 0 Å². The topological polar surface area (TPSA) is 44.9 Å². The Morgan fingerprint density at radius 1 is 1.09 bits per heavy atom. The molecule has 0 radical (unpaired) electrons. The molecule has 0 saturated heterocycles. The van der Waals surface area contributed by atoms with E-state index in [-0.39, 0.29) is 5.91 Å². The van der Waals surface area contributed by atoms with Crippen molar-refractivity contribution in [1.29, 1.82) is 0 Å². The maximum absolute atomic E-state index is 12.0. The zero-order valence-corrected chi connectivity index (χ0v) is 13.4. The normalized spacial score (nSPS) is 10.8. The van der Waals surface area contributed by atoms with Crippen molar-refractivity contribution in [1.82, 2.24) is 10.3 Å². The summed E-state index contributed by atoms with van der Waals surface area (Å²) in [6.45, 7) is 2.75. The second-order valence-corrected chi connectivity index (χ2v) is 5.95. The summed E-state index contributed by atoms with van der Waals surface area (Å²) in [6, 6.07) is 16.6. The van der Waals surface area contributed by atoms with Gasteiger partial charge in [-0.05, 0) is 37.0 Å². The van der Waals surface area contributed by atoms with Crippen molar-refractivity contribution in [2.24, 2.45) is 0 Å². The highest BCUT2D eigenvalue weighted by atomic mass is 16.1. The monoisotopic (exact) mass is 306 g/mol. The number of fused-ring (bicyclic) bond motifs is 1. The molecule has 0 unspecified atom stereocenters. The van der Waals surface area contributed by atoms with Gasteiger partial charge in [0.25, 0.3) is 0 Å². The molecule has 0 spiro atoms. The number of aryl methyl sites for hydroxylation is 2. The van der Waals surface area contributed by atoms with Crippen LogP contribution in [0, 0.1) is 6.92 Å². The molecule has 3 heteroatoms. The Kier molecular flexibility index (Phi) is 4.77. The molecule has 118 valence electrons. The van der Waals surface area contributed by atoms with Crippen LogP contribution in [0.25, 0.3) is 10.9 Å². The number of aromatic nitrogens is 1. The van der Waals surface area contributed by atoms with Crippen LogP contribution in [-0.2, 0) is 17.6 Å². The predicted octanol–water partition coefficient (Wildman–Crippen LogP) is 3.77. The van der Waals surface area contributed by atoms with E-state index in [0.717, 1.165) is 18.4 Å². The van der Waals surface area contributed by atoms with Crippen LogP contribution >= 0.6 is 0 Å². The summed E-state index contributed by atoms with van der Waals surface area (Å²) in [5.41, 5.74) is 4.85. The maximum atomic E-state index is 12.0. The Hall–Kier alpha value is -2.55. The number of rotatable bonds is 6. The number of hydrogen-bond donors (Lipinski definition) is 2. The van der Waals surface area contributed by atoms with Crippen molar-refractivity contribution in [3.8, 4) is 0 Å². The molecule has 1 heterocycles. The third kappa shape index (κ3) is 4.01. The summed E-state index contributed by atoms with van der Waals surface area (Å²) in [7, 11) is 0. The Labute approximate surface area is 136 Å². The maximum Gasteiger partial charge on any atom is 0.220 e. The zero-order valence-electron chi connectivity index (χ0n) is 13.4. The Bertz CT molecular complexity index is 804. The molecule has 0 aliphatic heterocycles. The second-order valence-electron chi connectivity index (χ2n) is 5.95. The Morgan fingerprint density at radius 2 is 1.96 bits per heavy atom. The summed E-state index contributed by atoms with van der Waals surface area (Å²) in [5, 5.41) is 4.26. The molecule has 3 rings (SSSR count). The van der Waals surface area contributed by atoms with Gasteiger partial charge in [0.05, 0.1) is 0 Å². The standard InChI is InChI=1S/C20H22N2O/c1-15-5-4-6-16(13-15)9-10-20(23)21-12-11-17-14-22-19-8-3-2-7-18(17)19/h2-8,13-14,22H,9-12H2,1H3,(H,21,23). The number of para-hydroxylation sites is 1. The molecule has 0 fully saturated rings. The van der Waals surface area contributed by atoms with Crippen molar-refractivity contribution in [2.45, 2.75) is 26.2 Å². The summed E-state index contributed by atoms with van der Waals surface area (Å²) in [6.07, 6.45) is 4.21. The van der Waals surface area contributed by atoms with Crippen LogP contribution in [0.1, 0.15) is 23.1 Å². The Morgan fingerprint density at radius 3 is 2.83 bits per heavy atom. The lowest BCUT2D eigenvalue weighted by Gasteiger charge is -2.06. The number of carbonyl (C=O) groups excluding carboxylic acids is 1. The van der Waals surface area contributed by atoms with E-state index in [1.54, 1.807) is 0 Å². The van der Waals surface area contributed by atoms with E-state index in [1.165, 1.54) is 22.1 Å². The van der Waals surface area contributed by atoms with Crippen LogP contribution < -0.4 is 5.32 Å². The van der Waals surface area contributed by atoms with Crippen LogP contribution in [-0.4, -0.2) is 17.4 Å². The summed E-state index contributed by atoms with van der Waals surface area (Å²) in [5.74, 6) is 0.117. The van der Waals surface area contributed by atoms with Gasteiger partial charge in [-0.1, -0.05) is 48.0 Å². The van der Waals surface area contributed by atoms with Crippen LogP contribution in [0.2, 0.25) is 0 Å². The van der Waals surface area contributed by atoms with Gasteiger partial charge < -0.3 is 10.3 Å². The van der Waals surface area contributed by atoms with Crippen molar-refractivity contribution >= 4 is 16.8 Å². The molecule has 23 heavy (non-hydrogen) atoms. The van der Waals surface area contributed by atoms with E-state index in [9.17, 15) is 4.79 Å². The van der Waals surface area contributed by atoms with Gasteiger partial charge in [-0.15, -0.1) is 0 Å². The van der Waals surface area contributed by atoms with E-state index in [2.05, 4.69) is 47.6 Å². The first-order chi connectivity index (χ1) is 11.2. The van der Waals surface area contributed by atoms with Crippen molar-refractivity contribution in [3.63, 3.8) is 0 Å². The SMILES string of the molecule is Cc1cccc(CCC(=O)NCCc2c[nH]c3ccccc23)c1. The van der Waals surface area contributed by atoms with Gasteiger partial charge in [-0.3, -0.25) is 4.79 Å². The van der Waals surface area contributed by atoms with Crippen molar-refractivity contribution in [3.05, 3.63) is 71.4 Å². The van der Waals surface area contributed by atoms with Crippen LogP contribution in [0.3, 0.4) is 0 Å². The average Bonchev–Trinajstić information content (AvgIpc) is 2.97. The number of H-pyrrole nitrogens is 1. The lowest BCUT2D eigenvalue weighted by atomic mass is 10.1. The molecule has 3 aromatic rings. The van der Waals surface area contributed by atoms with E-state index in [4.69, 9.17) is 0 Å². The lowest BCUT2D eigenvalue weighted by Crippen LogP contribution is -2.25. The third-order valence-electron chi connectivity index (χ3n) is 4.11. The smallest absolute Gasteiger partial charge is 0.220 e. The predicted molar refractivity (Wildman–Crippen MR) is 94.5 cm³/mol. The molecule has 1 amide bonds.